The minimum Gasteiger partial charge on any atom is -0.459 e. The average Bonchev–Trinajstić information content (AvgIpc) is 3.41. The molecule has 2 amide bonds. The molecular formula is C32H43N2O7P. The second kappa shape index (κ2) is 13.5. The fourth-order valence-electron chi connectivity index (χ4n) is 5.87. The summed E-state index contributed by atoms with van der Waals surface area (Å²) < 4.78 is 24.7. The van der Waals surface area contributed by atoms with Gasteiger partial charge in [-0.25, -0.2) is 0 Å². The summed E-state index contributed by atoms with van der Waals surface area (Å²) >= 11 is 0. The van der Waals surface area contributed by atoms with Crippen LogP contribution in [0.2, 0.25) is 0 Å². The molecule has 0 bridgehead atoms. The highest BCUT2D eigenvalue weighted by Crippen LogP contribution is 2.46. The number of hydrogen-bond donors (Lipinski definition) is 1. The number of ether oxygens (including phenoxy) is 1. The van der Waals surface area contributed by atoms with Crippen LogP contribution in [0.25, 0.3) is 0 Å². The molecule has 0 radical (unpaired) electrons. The molecule has 2 unspecified atom stereocenters. The minimum atomic E-state index is -4.35. The van der Waals surface area contributed by atoms with Crippen molar-refractivity contribution in [3.8, 4) is 0 Å². The molecular weight excluding hydrogens is 555 g/mol. The van der Waals surface area contributed by atoms with E-state index in [2.05, 4.69) is 0 Å². The first-order valence-corrected chi connectivity index (χ1v) is 16.5. The molecule has 0 spiro atoms. The molecule has 1 aliphatic carbocycles. The summed E-state index contributed by atoms with van der Waals surface area (Å²) in [5, 5.41) is 0. The van der Waals surface area contributed by atoms with Gasteiger partial charge in [-0.2, -0.15) is 0 Å². The Hall–Kier alpha value is -3.00. The summed E-state index contributed by atoms with van der Waals surface area (Å²) in [6.07, 6.45) is 3.03. The summed E-state index contributed by atoms with van der Waals surface area (Å²) in [6, 6.07) is 15.8. The quantitative estimate of drug-likeness (QED) is 0.284. The molecule has 1 saturated carbocycles. The van der Waals surface area contributed by atoms with E-state index in [0.29, 0.717) is 31.4 Å². The Morgan fingerprint density at radius 1 is 1.05 bits per heavy atom. The Bertz CT molecular complexity index is 1300. The molecule has 2 aromatic carbocycles. The lowest BCUT2D eigenvalue weighted by atomic mass is 10.0. The number of hydrogen-bond acceptors (Lipinski definition) is 6. The number of rotatable bonds is 10. The maximum atomic E-state index is 14.2. The van der Waals surface area contributed by atoms with Crippen LogP contribution in [0.5, 0.6) is 0 Å². The van der Waals surface area contributed by atoms with Gasteiger partial charge in [0.15, 0.2) is 0 Å². The number of fused-ring (bicyclic) bond motifs is 1. The van der Waals surface area contributed by atoms with Gasteiger partial charge < -0.3 is 19.1 Å². The van der Waals surface area contributed by atoms with Crippen molar-refractivity contribution in [2.75, 3.05) is 17.7 Å². The summed E-state index contributed by atoms with van der Waals surface area (Å²) in [5.74, 6) is -1.70. The van der Waals surface area contributed by atoms with Gasteiger partial charge >= 0.3 is 13.6 Å². The molecule has 0 aromatic heterocycles. The number of anilines is 1. The van der Waals surface area contributed by atoms with Crippen LogP contribution in [0, 0.1) is 5.92 Å². The fraction of sp³-hybridized carbons (Fsp3) is 0.531. The second-order valence-electron chi connectivity index (χ2n) is 12.4. The lowest BCUT2D eigenvalue weighted by Crippen LogP contribution is -2.53. The Labute approximate surface area is 248 Å². The molecule has 0 saturated heterocycles. The van der Waals surface area contributed by atoms with E-state index < -0.39 is 43.5 Å². The SMILES string of the molecule is CC(Cc1ccccc1)OP(=O)(O)CN(C(=O)C1CCCC1)[C@H]1CCc2ccccc2N(CC(=O)OC(C)(C)C)C1=O. The first kappa shape index (κ1) is 31.9. The highest BCUT2D eigenvalue weighted by atomic mass is 31.2. The van der Waals surface area contributed by atoms with E-state index in [1.165, 1.54) is 9.80 Å². The Balaban J connectivity index is 1.62. The van der Waals surface area contributed by atoms with Gasteiger partial charge in [0.25, 0.3) is 0 Å². The van der Waals surface area contributed by atoms with E-state index in [9.17, 15) is 23.8 Å². The average molecular weight is 599 g/mol. The molecule has 3 atom stereocenters. The van der Waals surface area contributed by atoms with Gasteiger partial charge in [-0.1, -0.05) is 61.4 Å². The van der Waals surface area contributed by atoms with E-state index in [1.807, 2.05) is 42.5 Å². The maximum absolute atomic E-state index is 14.2. The smallest absolute Gasteiger partial charge is 0.347 e. The van der Waals surface area contributed by atoms with Crippen molar-refractivity contribution in [2.24, 2.45) is 5.92 Å². The first-order chi connectivity index (χ1) is 19.8. The van der Waals surface area contributed by atoms with Crippen LogP contribution in [-0.4, -0.2) is 58.2 Å². The minimum absolute atomic E-state index is 0.249. The molecule has 1 heterocycles. The molecule has 42 heavy (non-hydrogen) atoms. The number of esters is 1. The molecule has 9 nitrogen and oxygen atoms in total. The predicted octanol–water partition coefficient (Wildman–Crippen LogP) is 5.49. The molecule has 1 fully saturated rings. The van der Waals surface area contributed by atoms with Crippen LogP contribution in [0.3, 0.4) is 0 Å². The van der Waals surface area contributed by atoms with Gasteiger partial charge in [0.1, 0.15) is 24.5 Å². The summed E-state index contributed by atoms with van der Waals surface area (Å²) in [6.45, 7) is 6.65. The number of nitrogens with zero attached hydrogens (tertiary/aromatic N) is 2. The third-order valence-corrected chi connectivity index (χ3v) is 8.98. The Morgan fingerprint density at radius 3 is 2.36 bits per heavy atom. The monoisotopic (exact) mass is 598 g/mol. The van der Waals surface area contributed by atoms with Gasteiger partial charge in [0.2, 0.25) is 11.8 Å². The number of carbonyl (C=O) groups is 3. The van der Waals surface area contributed by atoms with E-state index in [4.69, 9.17) is 9.26 Å². The van der Waals surface area contributed by atoms with Gasteiger partial charge in [-0.15, -0.1) is 0 Å². The Morgan fingerprint density at radius 2 is 1.69 bits per heavy atom. The topological polar surface area (TPSA) is 113 Å². The van der Waals surface area contributed by atoms with Crippen LogP contribution >= 0.6 is 7.60 Å². The van der Waals surface area contributed by atoms with Gasteiger partial charge in [-0.05, 0) is 77.0 Å². The van der Waals surface area contributed by atoms with Crippen LogP contribution in [0.4, 0.5) is 5.69 Å². The summed E-state index contributed by atoms with van der Waals surface area (Å²) in [4.78, 5) is 54.8. The van der Waals surface area contributed by atoms with Crippen LogP contribution in [-0.2, 0) is 41.1 Å². The van der Waals surface area contributed by atoms with Crippen LogP contribution < -0.4 is 4.90 Å². The zero-order valence-corrected chi connectivity index (χ0v) is 25.9. The number of aryl methyl sites for hydroxylation is 1. The van der Waals surface area contributed by atoms with E-state index >= 15 is 0 Å². The van der Waals surface area contributed by atoms with Crippen molar-refractivity contribution in [1.29, 1.82) is 0 Å². The largest absolute Gasteiger partial charge is 0.459 e. The van der Waals surface area contributed by atoms with Gasteiger partial charge in [0, 0.05) is 11.6 Å². The third-order valence-electron chi connectivity index (χ3n) is 7.63. The first-order valence-electron chi connectivity index (χ1n) is 14.8. The van der Waals surface area contributed by atoms with Crippen molar-refractivity contribution < 1.29 is 33.1 Å². The number of amides is 2. The molecule has 2 aliphatic rings. The van der Waals surface area contributed by atoms with E-state index in [1.54, 1.807) is 39.8 Å². The lowest BCUT2D eigenvalue weighted by Gasteiger charge is -2.35. The lowest BCUT2D eigenvalue weighted by molar-refractivity contribution is -0.153. The van der Waals surface area contributed by atoms with Crippen LogP contribution in [0.15, 0.2) is 54.6 Å². The van der Waals surface area contributed by atoms with E-state index in [-0.39, 0.29) is 24.8 Å². The van der Waals surface area contributed by atoms with Crippen molar-refractivity contribution >= 4 is 31.1 Å². The Kier molecular flexibility index (Phi) is 10.3. The molecule has 1 aliphatic heterocycles. The standard InChI is InChI=1S/C32H43N2O7P/c1-23(20-24-12-6-5-7-13-24)41-42(38,39)22-34(30(36)26-15-8-9-16-26)28-19-18-25-14-10-11-17-27(25)33(31(28)37)21-29(35)40-32(2,3)4/h5-7,10-14,17,23,26,28H,8-9,15-16,18-22H2,1-4H3,(H,38,39)/t23?,28-/m0/s1. The molecule has 4 rings (SSSR count). The zero-order chi connectivity index (χ0) is 30.5. The van der Waals surface area contributed by atoms with Crippen molar-refractivity contribution in [1.82, 2.24) is 4.90 Å². The van der Waals surface area contributed by atoms with Crippen LogP contribution in [0.1, 0.15) is 70.9 Å². The highest BCUT2D eigenvalue weighted by molar-refractivity contribution is 7.52. The van der Waals surface area contributed by atoms with Crippen molar-refractivity contribution in [3.05, 3.63) is 65.7 Å². The summed E-state index contributed by atoms with van der Waals surface area (Å²) in [5.41, 5.74) is 1.64. The number of para-hydroxylation sites is 1. The fourth-order valence-corrected chi connectivity index (χ4v) is 7.30. The highest BCUT2D eigenvalue weighted by Gasteiger charge is 2.43. The maximum Gasteiger partial charge on any atom is 0.347 e. The van der Waals surface area contributed by atoms with E-state index in [0.717, 1.165) is 24.0 Å². The predicted molar refractivity (Wildman–Crippen MR) is 161 cm³/mol. The third kappa shape index (κ3) is 8.52. The molecule has 228 valence electrons. The summed E-state index contributed by atoms with van der Waals surface area (Å²) in [7, 11) is -4.35. The number of benzene rings is 2. The normalized spacial score (nSPS) is 19.9. The molecule has 1 N–H and O–H groups in total. The van der Waals surface area contributed by atoms with Crippen molar-refractivity contribution in [3.63, 3.8) is 0 Å². The van der Waals surface area contributed by atoms with Crippen molar-refractivity contribution in [2.45, 2.75) is 90.4 Å². The molecule has 10 heteroatoms. The molecule has 2 aromatic rings. The number of carbonyl (C=O) groups excluding carboxylic acids is 3. The second-order valence-corrected chi connectivity index (χ2v) is 14.1. The van der Waals surface area contributed by atoms with Gasteiger partial charge in [0.05, 0.1) is 6.10 Å². The van der Waals surface area contributed by atoms with Gasteiger partial charge in [-0.3, -0.25) is 23.8 Å². The zero-order valence-electron chi connectivity index (χ0n) is 25.0.